The number of sulfone groups is 1. The molecule has 0 bridgehead atoms. The number of nitrogens with zero attached hydrogens (tertiary/aromatic N) is 4. The van der Waals surface area contributed by atoms with E-state index in [1.54, 1.807) is 29.7 Å². The van der Waals surface area contributed by atoms with Gasteiger partial charge in [-0.3, -0.25) is 4.90 Å². The van der Waals surface area contributed by atoms with Crippen molar-refractivity contribution in [3.8, 4) is 10.6 Å². The average molecular weight is 404 g/mol. The van der Waals surface area contributed by atoms with Gasteiger partial charge in [0.05, 0.1) is 5.69 Å². The second-order valence-electron chi connectivity index (χ2n) is 6.50. The van der Waals surface area contributed by atoms with Gasteiger partial charge in [-0.15, -0.1) is 11.3 Å². The van der Waals surface area contributed by atoms with Crippen LogP contribution < -0.4 is 0 Å². The molecule has 0 saturated heterocycles. The minimum absolute atomic E-state index is 0.110. The van der Waals surface area contributed by atoms with Crippen LogP contribution in [-0.4, -0.2) is 41.1 Å². The highest BCUT2D eigenvalue weighted by Gasteiger charge is 2.21. The summed E-state index contributed by atoms with van der Waals surface area (Å²) in [6.45, 7) is 2.20. The van der Waals surface area contributed by atoms with Gasteiger partial charge in [0.2, 0.25) is 15.0 Å². The van der Waals surface area contributed by atoms with Gasteiger partial charge in [-0.2, -0.15) is 0 Å². The SMILES string of the molecule is CS(=O)(=O)c1ncc2c(n1)CCN(Cc1cnc(-c3ccc(F)cc3)s1)C2. The van der Waals surface area contributed by atoms with Crippen molar-refractivity contribution in [1.82, 2.24) is 19.9 Å². The summed E-state index contributed by atoms with van der Waals surface area (Å²) in [7, 11) is -3.39. The number of thiazole rings is 1. The van der Waals surface area contributed by atoms with Crippen molar-refractivity contribution in [3.05, 3.63) is 58.6 Å². The smallest absolute Gasteiger partial charge is 0.246 e. The minimum Gasteiger partial charge on any atom is -0.293 e. The predicted molar refractivity (Wildman–Crippen MR) is 100 cm³/mol. The standard InChI is InChI=1S/C18H17FN4O2S2/c1-27(24,25)18-21-8-13-10-23(7-6-16(13)22-18)11-15-9-20-17(26-15)12-2-4-14(19)5-3-12/h2-5,8-9H,6-7,10-11H2,1H3. The molecule has 0 atom stereocenters. The molecular weight excluding hydrogens is 387 g/mol. The normalized spacial score (nSPS) is 14.9. The lowest BCUT2D eigenvalue weighted by Crippen LogP contribution is -2.31. The Hall–Kier alpha value is -2.23. The molecule has 0 spiro atoms. The Morgan fingerprint density at radius 2 is 1.96 bits per heavy atom. The van der Waals surface area contributed by atoms with Crippen molar-refractivity contribution >= 4 is 21.2 Å². The maximum absolute atomic E-state index is 13.1. The van der Waals surface area contributed by atoms with Crippen LogP contribution in [0.1, 0.15) is 16.1 Å². The summed E-state index contributed by atoms with van der Waals surface area (Å²) in [5.41, 5.74) is 2.66. The van der Waals surface area contributed by atoms with Crippen molar-refractivity contribution in [2.75, 3.05) is 12.8 Å². The molecule has 1 aliphatic rings. The van der Waals surface area contributed by atoms with E-state index in [9.17, 15) is 12.8 Å². The monoisotopic (exact) mass is 404 g/mol. The van der Waals surface area contributed by atoms with Crippen molar-refractivity contribution in [2.45, 2.75) is 24.7 Å². The van der Waals surface area contributed by atoms with E-state index in [1.165, 1.54) is 12.1 Å². The van der Waals surface area contributed by atoms with E-state index in [0.717, 1.165) is 46.1 Å². The van der Waals surface area contributed by atoms with Gasteiger partial charge in [-0.1, -0.05) is 0 Å². The zero-order valence-electron chi connectivity index (χ0n) is 14.6. The molecule has 140 valence electrons. The van der Waals surface area contributed by atoms with Gasteiger partial charge in [0, 0.05) is 60.7 Å². The highest BCUT2D eigenvalue weighted by Crippen LogP contribution is 2.27. The van der Waals surface area contributed by atoms with Crippen molar-refractivity contribution in [1.29, 1.82) is 0 Å². The van der Waals surface area contributed by atoms with Gasteiger partial charge >= 0.3 is 0 Å². The summed E-state index contributed by atoms with van der Waals surface area (Å²) in [6.07, 6.45) is 5.26. The van der Waals surface area contributed by atoms with E-state index in [0.29, 0.717) is 13.0 Å². The predicted octanol–water partition coefficient (Wildman–Crippen LogP) is 2.70. The first-order valence-electron chi connectivity index (χ1n) is 8.36. The lowest BCUT2D eigenvalue weighted by molar-refractivity contribution is 0.244. The Kier molecular flexibility index (Phi) is 4.75. The van der Waals surface area contributed by atoms with Gasteiger partial charge in [0.25, 0.3) is 0 Å². The Morgan fingerprint density at radius 3 is 2.70 bits per heavy atom. The van der Waals surface area contributed by atoms with Crippen LogP contribution in [-0.2, 0) is 29.3 Å². The van der Waals surface area contributed by atoms with Crippen LogP contribution in [0.15, 0.2) is 41.8 Å². The topological polar surface area (TPSA) is 76.1 Å². The Bertz CT molecular complexity index is 1080. The summed E-state index contributed by atoms with van der Waals surface area (Å²) in [4.78, 5) is 16.0. The largest absolute Gasteiger partial charge is 0.293 e. The molecule has 0 radical (unpaired) electrons. The van der Waals surface area contributed by atoms with Crippen molar-refractivity contribution in [2.24, 2.45) is 0 Å². The summed E-state index contributed by atoms with van der Waals surface area (Å²) in [5.74, 6) is -0.260. The third-order valence-corrected chi connectivity index (χ3v) is 6.24. The van der Waals surface area contributed by atoms with E-state index in [1.807, 2.05) is 6.20 Å². The zero-order valence-corrected chi connectivity index (χ0v) is 16.2. The van der Waals surface area contributed by atoms with E-state index < -0.39 is 9.84 Å². The summed E-state index contributed by atoms with van der Waals surface area (Å²) >= 11 is 1.59. The molecule has 9 heteroatoms. The molecule has 2 aromatic heterocycles. The first kappa shape index (κ1) is 18.1. The number of hydrogen-bond acceptors (Lipinski definition) is 7. The summed E-state index contributed by atoms with van der Waals surface area (Å²) in [5, 5.41) is 0.754. The highest BCUT2D eigenvalue weighted by molar-refractivity contribution is 7.90. The molecule has 0 amide bonds. The van der Waals surface area contributed by atoms with E-state index in [2.05, 4.69) is 19.9 Å². The highest BCUT2D eigenvalue weighted by atomic mass is 32.2. The number of aromatic nitrogens is 3. The van der Waals surface area contributed by atoms with E-state index in [-0.39, 0.29) is 11.0 Å². The Balaban J connectivity index is 1.47. The van der Waals surface area contributed by atoms with Crippen LogP contribution in [0.2, 0.25) is 0 Å². The maximum Gasteiger partial charge on any atom is 0.246 e. The Morgan fingerprint density at radius 1 is 1.19 bits per heavy atom. The van der Waals surface area contributed by atoms with Gasteiger partial charge < -0.3 is 0 Å². The van der Waals surface area contributed by atoms with Crippen molar-refractivity contribution < 1.29 is 12.8 Å². The number of rotatable bonds is 4. The van der Waals surface area contributed by atoms with Crippen LogP contribution in [0.5, 0.6) is 0 Å². The number of benzene rings is 1. The quantitative estimate of drug-likeness (QED) is 0.623. The first-order chi connectivity index (χ1) is 12.9. The molecule has 27 heavy (non-hydrogen) atoms. The average Bonchev–Trinajstić information content (AvgIpc) is 3.09. The molecule has 4 rings (SSSR count). The molecule has 1 aliphatic heterocycles. The molecule has 6 nitrogen and oxygen atoms in total. The van der Waals surface area contributed by atoms with Crippen LogP contribution in [0, 0.1) is 5.82 Å². The molecule has 3 heterocycles. The fourth-order valence-electron chi connectivity index (χ4n) is 3.00. The maximum atomic E-state index is 13.1. The molecule has 0 fully saturated rings. The van der Waals surface area contributed by atoms with Gasteiger partial charge in [-0.05, 0) is 24.3 Å². The number of halogens is 1. The molecule has 0 saturated carbocycles. The molecule has 1 aromatic carbocycles. The van der Waals surface area contributed by atoms with E-state index in [4.69, 9.17) is 0 Å². The second kappa shape index (κ2) is 7.06. The summed E-state index contributed by atoms with van der Waals surface area (Å²) in [6, 6.07) is 6.32. The van der Waals surface area contributed by atoms with Gasteiger partial charge in [0.1, 0.15) is 10.8 Å². The van der Waals surface area contributed by atoms with Gasteiger partial charge in [0.15, 0.2) is 0 Å². The van der Waals surface area contributed by atoms with Crippen LogP contribution in [0.3, 0.4) is 0 Å². The fourth-order valence-corrected chi connectivity index (χ4v) is 4.48. The van der Waals surface area contributed by atoms with Crippen molar-refractivity contribution in [3.63, 3.8) is 0 Å². The second-order valence-corrected chi connectivity index (χ2v) is 9.52. The molecular formula is C18H17FN4O2S2. The fraction of sp³-hybridized carbons (Fsp3) is 0.278. The Labute approximate surface area is 160 Å². The third kappa shape index (κ3) is 4.05. The third-order valence-electron chi connectivity index (χ3n) is 4.35. The zero-order chi connectivity index (χ0) is 19.0. The van der Waals surface area contributed by atoms with E-state index >= 15 is 0 Å². The lowest BCUT2D eigenvalue weighted by atomic mass is 10.1. The van der Waals surface area contributed by atoms with Gasteiger partial charge in [-0.25, -0.2) is 27.8 Å². The molecule has 0 aliphatic carbocycles. The van der Waals surface area contributed by atoms with Crippen LogP contribution in [0.4, 0.5) is 4.39 Å². The molecule has 0 unspecified atom stereocenters. The first-order valence-corrected chi connectivity index (χ1v) is 11.1. The minimum atomic E-state index is -3.39. The van der Waals surface area contributed by atoms with Crippen LogP contribution in [0.25, 0.3) is 10.6 Å². The summed E-state index contributed by atoms with van der Waals surface area (Å²) < 4.78 is 36.3. The number of fused-ring (bicyclic) bond motifs is 1. The lowest BCUT2D eigenvalue weighted by Gasteiger charge is -2.27. The van der Waals surface area contributed by atoms with Crippen LogP contribution >= 0.6 is 11.3 Å². The molecule has 3 aromatic rings. The molecule has 0 N–H and O–H groups in total. The number of hydrogen-bond donors (Lipinski definition) is 0.